The van der Waals surface area contributed by atoms with Crippen LogP contribution in [0.25, 0.3) is 0 Å². The summed E-state index contributed by atoms with van der Waals surface area (Å²) in [6, 6.07) is 4.32. The maximum atomic E-state index is 5.91. The van der Waals surface area contributed by atoms with Gasteiger partial charge < -0.3 is 20.1 Å². The second-order valence-corrected chi connectivity index (χ2v) is 4.70. The first-order valence-electron chi connectivity index (χ1n) is 6.42. The molecule has 0 amide bonds. The van der Waals surface area contributed by atoms with Crippen LogP contribution < -0.4 is 15.4 Å². The topological polar surface area (TPSA) is 42.5 Å². The minimum absolute atomic E-state index is 0.102. The molecule has 0 unspecified atom stereocenters. The van der Waals surface area contributed by atoms with Gasteiger partial charge in [0.15, 0.2) is 0 Å². The summed E-state index contributed by atoms with van der Waals surface area (Å²) < 4.78 is 11.0. The molecule has 18 heavy (non-hydrogen) atoms. The minimum Gasteiger partial charge on any atom is -0.484 e. The van der Waals surface area contributed by atoms with Crippen LogP contribution in [0.2, 0.25) is 0 Å². The number of rotatable bonds is 5. The number of anilines is 1. The third-order valence-corrected chi connectivity index (χ3v) is 3.25. The summed E-state index contributed by atoms with van der Waals surface area (Å²) in [5.74, 6) is 0.939. The fourth-order valence-corrected chi connectivity index (χ4v) is 2.21. The highest BCUT2D eigenvalue weighted by atomic mass is 16.5. The van der Waals surface area contributed by atoms with E-state index in [0.29, 0.717) is 6.61 Å². The Hall–Kier alpha value is -1.26. The number of ether oxygens (including phenoxy) is 2. The lowest BCUT2D eigenvalue weighted by Gasteiger charge is -2.28. The fraction of sp³-hybridized carbons (Fsp3) is 0.571. The molecule has 1 heterocycles. The van der Waals surface area contributed by atoms with Gasteiger partial charge in [0.05, 0.1) is 18.8 Å². The van der Waals surface area contributed by atoms with Gasteiger partial charge in [-0.2, -0.15) is 0 Å². The number of nitrogens with one attached hydrogen (secondary N) is 2. The lowest BCUT2D eigenvalue weighted by molar-refractivity contribution is 0.0847. The summed E-state index contributed by atoms with van der Waals surface area (Å²) in [6.45, 7) is 4.55. The molecule has 0 saturated carbocycles. The van der Waals surface area contributed by atoms with Gasteiger partial charge >= 0.3 is 0 Å². The van der Waals surface area contributed by atoms with Gasteiger partial charge in [-0.3, -0.25) is 0 Å². The normalized spacial score (nSPS) is 17.8. The van der Waals surface area contributed by atoms with Crippen molar-refractivity contribution in [1.82, 2.24) is 5.32 Å². The maximum Gasteiger partial charge on any atom is 0.143 e. The van der Waals surface area contributed by atoms with Gasteiger partial charge in [0.1, 0.15) is 11.9 Å². The Morgan fingerprint density at radius 1 is 1.50 bits per heavy atom. The van der Waals surface area contributed by atoms with Crippen molar-refractivity contribution in [3.8, 4) is 5.75 Å². The van der Waals surface area contributed by atoms with Crippen LogP contribution in [0, 0.1) is 6.92 Å². The standard InChI is InChI=1S/C14H22N2O2/c1-10-6-14-13(7-11(10)4-5-15-2)16-8-12(18-14)9-17-3/h6-7,12,15-16H,4-5,8-9H2,1-3H3/t12-/m1/s1. The third-order valence-electron chi connectivity index (χ3n) is 3.25. The first kappa shape index (κ1) is 13.2. The van der Waals surface area contributed by atoms with Gasteiger partial charge in [-0.15, -0.1) is 0 Å². The van der Waals surface area contributed by atoms with Crippen molar-refractivity contribution in [3.05, 3.63) is 23.3 Å². The second-order valence-electron chi connectivity index (χ2n) is 4.70. The monoisotopic (exact) mass is 250 g/mol. The zero-order chi connectivity index (χ0) is 13.0. The Bertz CT molecular complexity index is 407. The van der Waals surface area contributed by atoms with Crippen LogP contribution in [0.15, 0.2) is 12.1 Å². The molecule has 100 valence electrons. The number of hydrogen-bond donors (Lipinski definition) is 2. The summed E-state index contributed by atoms with van der Waals surface area (Å²) in [4.78, 5) is 0. The van der Waals surface area contributed by atoms with Crippen molar-refractivity contribution >= 4 is 5.69 Å². The lowest BCUT2D eigenvalue weighted by atomic mass is 10.0. The summed E-state index contributed by atoms with van der Waals surface area (Å²) in [5.41, 5.74) is 3.74. The highest BCUT2D eigenvalue weighted by Gasteiger charge is 2.20. The number of fused-ring (bicyclic) bond motifs is 1. The van der Waals surface area contributed by atoms with Crippen LogP contribution in [0.1, 0.15) is 11.1 Å². The van der Waals surface area contributed by atoms with E-state index in [1.54, 1.807) is 7.11 Å². The zero-order valence-electron chi connectivity index (χ0n) is 11.4. The van der Waals surface area contributed by atoms with Crippen molar-refractivity contribution in [2.24, 2.45) is 0 Å². The predicted octanol–water partition coefficient (Wildman–Crippen LogP) is 1.58. The Balaban J connectivity index is 2.14. The van der Waals surface area contributed by atoms with E-state index in [9.17, 15) is 0 Å². The van der Waals surface area contributed by atoms with E-state index in [0.717, 1.165) is 30.9 Å². The fourth-order valence-electron chi connectivity index (χ4n) is 2.21. The second kappa shape index (κ2) is 6.07. The van der Waals surface area contributed by atoms with Crippen LogP contribution >= 0.6 is 0 Å². The molecule has 1 aliphatic heterocycles. The Morgan fingerprint density at radius 3 is 3.06 bits per heavy atom. The largest absolute Gasteiger partial charge is 0.484 e. The first-order valence-corrected chi connectivity index (χ1v) is 6.42. The van der Waals surface area contributed by atoms with E-state index in [1.807, 2.05) is 7.05 Å². The van der Waals surface area contributed by atoms with Crippen LogP contribution in [0.4, 0.5) is 5.69 Å². The van der Waals surface area contributed by atoms with Gasteiger partial charge in [-0.25, -0.2) is 0 Å². The number of hydrogen-bond acceptors (Lipinski definition) is 4. The molecule has 0 spiro atoms. The highest BCUT2D eigenvalue weighted by Crippen LogP contribution is 2.32. The molecule has 0 aromatic heterocycles. The van der Waals surface area contributed by atoms with Gasteiger partial charge in [0.2, 0.25) is 0 Å². The molecule has 2 N–H and O–H groups in total. The van der Waals surface area contributed by atoms with E-state index in [-0.39, 0.29) is 6.10 Å². The van der Waals surface area contributed by atoms with E-state index in [4.69, 9.17) is 9.47 Å². The molecular formula is C14H22N2O2. The van der Waals surface area contributed by atoms with Crippen LogP contribution in [0.3, 0.4) is 0 Å². The maximum absolute atomic E-state index is 5.91. The molecule has 0 bridgehead atoms. The van der Waals surface area contributed by atoms with Gasteiger partial charge in [0, 0.05) is 7.11 Å². The Morgan fingerprint density at radius 2 is 2.33 bits per heavy atom. The van der Waals surface area contributed by atoms with Gasteiger partial charge in [0.25, 0.3) is 0 Å². The smallest absolute Gasteiger partial charge is 0.143 e. The molecule has 0 radical (unpaired) electrons. The third kappa shape index (κ3) is 2.94. The average Bonchev–Trinajstić information content (AvgIpc) is 2.37. The minimum atomic E-state index is 0.102. The molecule has 1 atom stereocenters. The van der Waals surface area contributed by atoms with E-state index >= 15 is 0 Å². The quantitative estimate of drug-likeness (QED) is 0.832. The van der Waals surface area contributed by atoms with E-state index in [1.165, 1.54) is 11.1 Å². The van der Waals surface area contributed by atoms with Crippen LogP contribution in [0.5, 0.6) is 5.75 Å². The van der Waals surface area contributed by atoms with Crippen LogP contribution in [-0.2, 0) is 11.2 Å². The number of aryl methyl sites for hydroxylation is 1. The Labute approximate surface area is 109 Å². The van der Waals surface area contributed by atoms with E-state index in [2.05, 4.69) is 29.7 Å². The lowest BCUT2D eigenvalue weighted by Crippen LogP contribution is -2.34. The van der Waals surface area contributed by atoms with Gasteiger partial charge in [-0.05, 0) is 50.2 Å². The summed E-state index contributed by atoms with van der Waals surface area (Å²) in [6.07, 6.45) is 1.14. The molecule has 2 rings (SSSR count). The first-order chi connectivity index (χ1) is 8.74. The molecule has 1 aromatic carbocycles. The van der Waals surface area contributed by atoms with Crippen molar-refractivity contribution in [2.45, 2.75) is 19.4 Å². The van der Waals surface area contributed by atoms with Crippen molar-refractivity contribution in [3.63, 3.8) is 0 Å². The average molecular weight is 250 g/mol. The van der Waals surface area contributed by atoms with E-state index < -0.39 is 0 Å². The number of likely N-dealkylation sites (N-methyl/N-ethyl adjacent to an activating group) is 1. The number of methoxy groups -OCH3 is 1. The van der Waals surface area contributed by atoms with Crippen LogP contribution in [-0.4, -0.2) is 40.0 Å². The molecular weight excluding hydrogens is 228 g/mol. The molecule has 0 saturated heterocycles. The summed E-state index contributed by atoms with van der Waals surface area (Å²) in [5, 5.41) is 6.60. The summed E-state index contributed by atoms with van der Waals surface area (Å²) >= 11 is 0. The molecule has 4 nitrogen and oxygen atoms in total. The van der Waals surface area contributed by atoms with Crippen molar-refractivity contribution < 1.29 is 9.47 Å². The van der Waals surface area contributed by atoms with Crippen molar-refractivity contribution in [2.75, 3.05) is 39.2 Å². The van der Waals surface area contributed by atoms with Gasteiger partial charge in [-0.1, -0.05) is 0 Å². The summed E-state index contributed by atoms with van der Waals surface area (Å²) in [7, 11) is 3.68. The molecule has 1 aliphatic rings. The number of benzene rings is 1. The molecule has 1 aromatic rings. The molecule has 4 heteroatoms. The Kier molecular flexibility index (Phi) is 4.44. The predicted molar refractivity (Wildman–Crippen MR) is 73.6 cm³/mol. The molecule has 0 fully saturated rings. The van der Waals surface area contributed by atoms with Crippen molar-refractivity contribution in [1.29, 1.82) is 0 Å². The SMILES string of the molecule is CNCCc1cc2c(cc1C)O[C@@H](COC)CN2. The molecule has 0 aliphatic carbocycles. The highest BCUT2D eigenvalue weighted by molar-refractivity contribution is 5.61. The zero-order valence-corrected chi connectivity index (χ0v) is 11.4.